The number of carbonyl (C=O) groups is 1. The van der Waals surface area contributed by atoms with Gasteiger partial charge in [-0.3, -0.25) is 4.79 Å². The van der Waals surface area contributed by atoms with Crippen molar-refractivity contribution < 1.29 is 19.1 Å². The lowest BCUT2D eigenvalue weighted by Gasteiger charge is -2.09. The van der Waals surface area contributed by atoms with Crippen molar-refractivity contribution in [3.8, 4) is 5.75 Å². The topological polar surface area (TPSA) is 85.5 Å². The maximum absolute atomic E-state index is 10.4. The monoisotopic (exact) mass is 294 g/mol. The van der Waals surface area contributed by atoms with Crippen LogP contribution in [-0.4, -0.2) is 27.0 Å². The number of nitrogens with zero attached hydrogens (tertiary/aromatic N) is 2. The summed E-state index contributed by atoms with van der Waals surface area (Å²) >= 11 is 0.982. The Balaban J connectivity index is 1.96. The van der Waals surface area contributed by atoms with Crippen LogP contribution in [0, 0.1) is 13.8 Å². The second-order valence-electron chi connectivity index (χ2n) is 4.15. The van der Waals surface area contributed by atoms with Gasteiger partial charge in [-0.1, -0.05) is 30.0 Å². The number of para-hydroxylation sites is 1. The Kier molecular flexibility index (Phi) is 4.62. The van der Waals surface area contributed by atoms with Crippen molar-refractivity contribution in [1.82, 2.24) is 10.2 Å². The number of benzene rings is 1. The molecule has 0 saturated carbocycles. The molecule has 0 amide bonds. The van der Waals surface area contributed by atoms with E-state index >= 15 is 0 Å². The van der Waals surface area contributed by atoms with Gasteiger partial charge in [-0.25, -0.2) is 0 Å². The number of carboxylic acid groups (broad SMARTS) is 1. The van der Waals surface area contributed by atoms with E-state index in [4.69, 9.17) is 14.3 Å². The molecule has 1 aromatic heterocycles. The molecule has 20 heavy (non-hydrogen) atoms. The zero-order valence-corrected chi connectivity index (χ0v) is 11.9. The lowest BCUT2D eigenvalue weighted by molar-refractivity contribution is -0.133. The summed E-state index contributed by atoms with van der Waals surface area (Å²) in [6, 6.07) is 5.89. The van der Waals surface area contributed by atoms with Crippen LogP contribution in [0.4, 0.5) is 0 Å². The fraction of sp³-hybridized carbons (Fsp3) is 0.308. The highest BCUT2D eigenvalue weighted by atomic mass is 32.2. The molecule has 7 heteroatoms. The van der Waals surface area contributed by atoms with Crippen LogP contribution in [-0.2, 0) is 11.4 Å². The fourth-order valence-corrected chi connectivity index (χ4v) is 2.14. The Bertz CT molecular complexity index is 592. The third-order valence-corrected chi connectivity index (χ3v) is 3.32. The van der Waals surface area contributed by atoms with Gasteiger partial charge in [0.25, 0.3) is 11.1 Å². The Morgan fingerprint density at radius 2 is 2.05 bits per heavy atom. The van der Waals surface area contributed by atoms with Gasteiger partial charge in [-0.05, 0) is 25.0 Å². The Labute approximate surface area is 120 Å². The largest absolute Gasteiger partial charge is 0.483 e. The van der Waals surface area contributed by atoms with Crippen LogP contribution in [0.25, 0.3) is 0 Å². The number of rotatable bonds is 6. The predicted molar refractivity (Wildman–Crippen MR) is 72.9 cm³/mol. The first kappa shape index (κ1) is 14.4. The molecule has 2 rings (SSSR count). The summed E-state index contributed by atoms with van der Waals surface area (Å²) in [6.45, 7) is 4.08. The zero-order chi connectivity index (χ0) is 14.5. The Morgan fingerprint density at radius 1 is 1.35 bits per heavy atom. The molecule has 1 N–H and O–H groups in total. The summed E-state index contributed by atoms with van der Waals surface area (Å²) in [5.74, 6) is 0.0758. The van der Waals surface area contributed by atoms with E-state index in [1.807, 2.05) is 32.0 Å². The van der Waals surface area contributed by atoms with Crippen molar-refractivity contribution in [3.05, 3.63) is 35.2 Å². The number of aliphatic carboxylic acids is 1. The number of aromatic nitrogens is 2. The summed E-state index contributed by atoms with van der Waals surface area (Å²) in [7, 11) is 0. The molecular weight excluding hydrogens is 280 g/mol. The second-order valence-corrected chi connectivity index (χ2v) is 5.08. The lowest BCUT2D eigenvalue weighted by Crippen LogP contribution is -1.99. The average Bonchev–Trinajstić information content (AvgIpc) is 2.84. The Morgan fingerprint density at radius 3 is 2.70 bits per heavy atom. The highest BCUT2D eigenvalue weighted by molar-refractivity contribution is 7.99. The summed E-state index contributed by atoms with van der Waals surface area (Å²) in [5, 5.41) is 16.3. The Hall–Kier alpha value is -2.02. The second kappa shape index (κ2) is 6.42. The number of aryl methyl sites for hydroxylation is 2. The van der Waals surface area contributed by atoms with Crippen LogP contribution in [0.15, 0.2) is 27.8 Å². The zero-order valence-electron chi connectivity index (χ0n) is 11.1. The SMILES string of the molecule is Cc1cccc(C)c1OCc1nnc(SCC(=O)O)o1. The highest BCUT2D eigenvalue weighted by Gasteiger charge is 2.10. The van der Waals surface area contributed by atoms with Crippen molar-refractivity contribution in [2.75, 3.05) is 5.75 Å². The van der Waals surface area contributed by atoms with Gasteiger partial charge in [0, 0.05) is 0 Å². The first-order valence-corrected chi connectivity index (χ1v) is 6.91. The molecule has 0 saturated heterocycles. The minimum absolute atomic E-state index is 0.112. The van der Waals surface area contributed by atoms with Crippen LogP contribution in [0.3, 0.4) is 0 Å². The first-order chi connectivity index (χ1) is 9.56. The number of ether oxygens (including phenoxy) is 1. The van der Waals surface area contributed by atoms with E-state index in [0.717, 1.165) is 28.6 Å². The molecule has 0 bridgehead atoms. The fourth-order valence-electron chi connectivity index (χ4n) is 1.64. The third-order valence-electron chi connectivity index (χ3n) is 2.52. The molecule has 1 aromatic carbocycles. The lowest BCUT2D eigenvalue weighted by atomic mass is 10.1. The molecule has 0 fully saturated rings. The minimum atomic E-state index is -0.929. The molecule has 6 nitrogen and oxygen atoms in total. The summed E-state index contributed by atoms with van der Waals surface area (Å²) in [6.07, 6.45) is 0. The molecule has 0 aliphatic carbocycles. The van der Waals surface area contributed by atoms with E-state index in [1.54, 1.807) is 0 Å². The molecule has 106 valence electrons. The van der Waals surface area contributed by atoms with E-state index in [-0.39, 0.29) is 17.6 Å². The van der Waals surface area contributed by atoms with E-state index in [1.165, 1.54) is 0 Å². The van der Waals surface area contributed by atoms with E-state index in [0.29, 0.717) is 5.89 Å². The molecule has 0 spiro atoms. The van der Waals surface area contributed by atoms with Crippen molar-refractivity contribution in [2.45, 2.75) is 25.7 Å². The van der Waals surface area contributed by atoms with Crippen molar-refractivity contribution in [2.24, 2.45) is 0 Å². The summed E-state index contributed by atoms with van der Waals surface area (Å²) < 4.78 is 11.0. The highest BCUT2D eigenvalue weighted by Crippen LogP contribution is 2.23. The van der Waals surface area contributed by atoms with Crippen molar-refractivity contribution in [1.29, 1.82) is 0 Å². The van der Waals surface area contributed by atoms with Gasteiger partial charge in [0.15, 0.2) is 6.61 Å². The van der Waals surface area contributed by atoms with Crippen LogP contribution < -0.4 is 4.74 Å². The molecule has 0 radical (unpaired) electrons. The smallest absolute Gasteiger partial charge is 0.314 e. The van der Waals surface area contributed by atoms with Gasteiger partial charge >= 0.3 is 5.97 Å². The number of hydrogen-bond acceptors (Lipinski definition) is 6. The standard InChI is InChI=1S/C13H14N2O4S/c1-8-4-3-5-9(2)12(8)18-6-10-14-15-13(19-10)20-7-11(16)17/h3-5H,6-7H2,1-2H3,(H,16,17). The normalized spacial score (nSPS) is 10.5. The molecule has 1 heterocycles. The van der Waals surface area contributed by atoms with Gasteiger partial charge in [-0.2, -0.15) is 0 Å². The molecule has 0 aliphatic rings. The molecule has 0 aliphatic heterocycles. The van der Waals surface area contributed by atoms with Crippen LogP contribution >= 0.6 is 11.8 Å². The molecule has 0 unspecified atom stereocenters. The number of carboxylic acids is 1. The van der Waals surface area contributed by atoms with Crippen LogP contribution in [0.5, 0.6) is 5.75 Å². The predicted octanol–water partition coefficient (Wildman–Crippen LogP) is 2.44. The van der Waals surface area contributed by atoms with Crippen LogP contribution in [0.2, 0.25) is 0 Å². The van der Waals surface area contributed by atoms with Gasteiger partial charge in [0.05, 0.1) is 0 Å². The quantitative estimate of drug-likeness (QED) is 0.819. The minimum Gasteiger partial charge on any atom is -0.483 e. The maximum Gasteiger partial charge on any atom is 0.314 e. The van der Waals surface area contributed by atoms with E-state index in [2.05, 4.69) is 10.2 Å². The number of hydrogen-bond donors (Lipinski definition) is 1. The molecule has 2 aromatic rings. The van der Waals surface area contributed by atoms with Gasteiger partial charge in [0.1, 0.15) is 11.5 Å². The molecular formula is C13H14N2O4S. The number of thioether (sulfide) groups is 1. The molecule has 0 atom stereocenters. The van der Waals surface area contributed by atoms with Crippen molar-refractivity contribution in [3.63, 3.8) is 0 Å². The summed E-state index contributed by atoms with van der Waals surface area (Å²) in [5.41, 5.74) is 2.06. The third kappa shape index (κ3) is 3.74. The van der Waals surface area contributed by atoms with Gasteiger partial charge in [-0.15, -0.1) is 10.2 Å². The average molecular weight is 294 g/mol. The van der Waals surface area contributed by atoms with Gasteiger partial charge in [0.2, 0.25) is 0 Å². The first-order valence-electron chi connectivity index (χ1n) is 5.92. The maximum atomic E-state index is 10.4. The van der Waals surface area contributed by atoms with Crippen LogP contribution in [0.1, 0.15) is 17.0 Å². The van der Waals surface area contributed by atoms with Crippen molar-refractivity contribution >= 4 is 17.7 Å². The van der Waals surface area contributed by atoms with Gasteiger partial charge < -0.3 is 14.3 Å². The van der Waals surface area contributed by atoms with E-state index < -0.39 is 5.97 Å². The summed E-state index contributed by atoms with van der Waals surface area (Å²) in [4.78, 5) is 10.4. The van der Waals surface area contributed by atoms with E-state index in [9.17, 15) is 4.79 Å².